The maximum Gasteiger partial charge on any atom is 0.407 e. The van der Waals surface area contributed by atoms with Crippen LogP contribution in [-0.4, -0.2) is 60.8 Å². The minimum absolute atomic E-state index is 0.0171. The Hall–Kier alpha value is -3.91. The van der Waals surface area contributed by atoms with E-state index in [-0.39, 0.29) is 22.8 Å². The fraction of sp³-hybridized carbons (Fsp3) is 0.389. The molecule has 14 heteroatoms. The van der Waals surface area contributed by atoms with Gasteiger partial charge in [0, 0.05) is 16.3 Å². The summed E-state index contributed by atoms with van der Waals surface area (Å²) in [6.07, 6.45) is 2.91. The van der Waals surface area contributed by atoms with Gasteiger partial charge in [-0.3, -0.25) is 0 Å². The van der Waals surface area contributed by atoms with Crippen LogP contribution in [0.25, 0.3) is 0 Å². The third-order valence-corrected chi connectivity index (χ3v) is 6.56. The predicted molar refractivity (Wildman–Crippen MR) is 193 cm³/mol. The monoisotopic (exact) mass is 833 g/mol. The average Bonchev–Trinajstić information content (AvgIpc) is 3.02. The lowest BCUT2D eigenvalue weighted by Gasteiger charge is -2.19. The van der Waals surface area contributed by atoms with Crippen molar-refractivity contribution < 1.29 is 51.7 Å². The van der Waals surface area contributed by atoms with Gasteiger partial charge in [-0.05, 0) is 99.3 Å². The zero-order chi connectivity index (χ0) is 38.4. The highest BCUT2D eigenvalue weighted by Gasteiger charge is 2.15. The largest absolute Gasteiger partial charge is 0.478 e. The number of rotatable bonds is 9. The zero-order valence-electron chi connectivity index (χ0n) is 29.1. The molecule has 3 rings (SSSR count). The summed E-state index contributed by atoms with van der Waals surface area (Å²) in [5, 5.41) is 12.0. The van der Waals surface area contributed by atoms with Gasteiger partial charge in [-0.1, -0.05) is 58.5 Å². The van der Waals surface area contributed by atoms with Gasteiger partial charge in [0.05, 0.1) is 30.9 Å². The second kappa shape index (κ2) is 24.3. The first-order valence-electron chi connectivity index (χ1n) is 15.4. The van der Waals surface area contributed by atoms with E-state index in [1.165, 1.54) is 50.6 Å². The van der Waals surface area contributed by atoms with Crippen LogP contribution < -0.4 is 5.32 Å². The number of carboxylic acids is 1. The van der Waals surface area contributed by atoms with Crippen molar-refractivity contribution in [3.63, 3.8) is 0 Å². The van der Waals surface area contributed by atoms with Crippen LogP contribution >= 0.6 is 31.9 Å². The molecule has 0 atom stereocenters. The molecule has 3 aromatic rings. The lowest BCUT2D eigenvalue weighted by Crippen LogP contribution is -2.33. The topological polar surface area (TPSA) is 128 Å². The highest BCUT2D eigenvalue weighted by molar-refractivity contribution is 9.10. The summed E-state index contributed by atoms with van der Waals surface area (Å²) in [7, 11) is 2.54. The average molecular weight is 836 g/mol. The van der Waals surface area contributed by atoms with Crippen molar-refractivity contribution in [1.82, 2.24) is 5.32 Å². The molecule has 0 radical (unpaired) electrons. The summed E-state index contributed by atoms with van der Waals surface area (Å²) < 4.78 is 53.0. The van der Waals surface area contributed by atoms with Gasteiger partial charge in [0.2, 0.25) is 0 Å². The number of benzene rings is 3. The van der Waals surface area contributed by atoms with E-state index in [4.69, 9.17) is 9.84 Å². The molecule has 0 fully saturated rings. The van der Waals surface area contributed by atoms with Crippen LogP contribution in [0.4, 0.5) is 18.0 Å². The molecule has 0 aliphatic rings. The molecule has 0 heterocycles. The van der Waals surface area contributed by atoms with Crippen molar-refractivity contribution in [2.24, 2.45) is 0 Å². The van der Waals surface area contributed by atoms with E-state index in [0.29, 0.717) is 17.4 Å². The van der Waals surface area contributed by atoms with Crippen molar-refractivity contribution in [1.29, 1.82) is 0 Å². The van der Waals surface area contributed by atoms with Crippen LogP contribution in [0.2, 0.25) is 0 Å². The van der Waals surface area contributed by atoms with Gasteiger partial charge in [-0.15, -0.1) is 0 Å². The molecule has 276 valence electrons. The van der Waals surface area contributed by atoms with Gasteiger partial charge in [-0.2, -0.15) is 0 Å². The Labute approximate surface area is 308 Å². The fourth-order valence-corrected chi connectivity index (χ4v) is 4.44. The highest BCUT2D eigenvalue weighted by Crippen LogP contribution is 2.16. The Morgan fingerprint density at radius 2 is 1.14 bits per heavy atom. The van der Waals surface area contributed by atoms with Crippen LogP contribution in [-0.2, 0) is 27.1 Å². The Morgan fingerprint density at radius 1 is 0.720 bits per heavy atom. The number of carboxylic acid groups (broad SMARTS) is 1. The highest BCUT2D eigenvalue weighted by atomic mass is 79.9. The van der Waals surface area contributed by atoms with E-state index in [1.54, 1.807) is 6.07 Å². The third-order valence-electron chi connectivity index (χ3n) is 5.71. The molecule has 9 nitrogen and oxygen atoms in total. The second-order valence-electron chi connectivity index (χ2n) is 11.3. The number of nitrogens with one attached hydrogen (secondary N) is 1. The molecule has 2 N–H and O–H groups in total. The fourth-order valence-electron chi connectivity index (χ4n) is 3.78. The number of hydrogen-bond donors (Lipinski definition) is 2. The number of carbonyl (C=O) groups excluding carboxylic acids is 3. The maximum atomic E-state index is 13.0. The summed E-state index contributed by atoms with van der Waals surface area (Å²) in [6.45, 7) is 10.1. The van der Waals surface area contributed by atoms with Crippen LogP contribution in [0, 0.1) is 17.5 Å². The molecule has 3 aromatic carbocycles. The standard InChI is InChI=1S/C11H13FO2.C10H11FO2.C8H6BrFO2.C7H14BrNO2/c1-3-4-8-5-9(11(13)14-2)7-10(12)6-8;1-2-3-7-4-8(10(12)13)6-9(11)5-7;1-12-8(11)5-2-6(9)4-7(10)3-5;1-7(2,3)11-6(10)9-5-4-8/h5-7H,3-4H2,1-2H3;4-6H,2-3H2,1H3,(H,12,13);2-4H,1H3;4-5H2,1-3H3,(H,9,10). The molecule has 0 saturated carbocycles. The Balaban J connectivity index is 0.000000643. The molecule has 0 saturated heterocycles. The molecule has 0 spiro atoms. The van der Waals surface area contributed by atoms with E-state index < -0.39 is 41.0 Å². The SMILES string of the molecule is CC(C)(C)OC(=O)NCCBr.CCCc1cc(F)cc(C(=O)O)c1.CCCc1cc(F)cc(C(=O)OC)c1.COC(=O)c1cc(F)cc(Br)c1. The van der Waals surface area contributed by atoms with Crippen LogP contribution in [0.5, 0.6) is 0 Å². The molecular weight excluding hydrogens is 791 g/mol. The van der Waals surface area contributed by atoms with Crippen molar-refractivity contribution in [2.45, 2.75) is 65.9 Å². The number of esters is 2. The van der Waals surface area contributed by atoms with Gasteiger partial charge in [0.15, 0.2) is 0 Å². The molecule has 0 unspecified atom stereocenters. The van der Waals surface area contributed by atoms with Gasteiger partial charge >= 0.3 is 24.0 Å². The number of aryl methyl sites for hydroxylation is 2. The summed E-state index contributed by atoms with van der Waals surface area (Å²) in [5.41, 5.74) is 1.65. The molecule has 50 heavy (non-hydrogen) atoms. The van der Waals surface area contributed by atoms with E-state index in [1.807, 2.05) is 34.6 Å². The van der Waals surface area contributed by atoms with Gasteiger partial charge in [0.25, 0.3) is 0 Å². The van der Waals surface area contributed by atoms with Crippen LogP contribution in [0.3, 0.4) is 0 Å². The number of ether oxygens (including phenoxy) is 3. The quantitative estimate of drug-likeness (QED) is 0.124. The maximum absolute atomic E-state index is 13.0. The van der Waals surface area contributed by atoms with Crippen LogP contribution in [0.15, 0.2) is 59.1 Å². The Bertz CT molecular complexity index is 1530. The summed E-state index contributed by atoms with van der Waals surface area (Å²) in [5.74, 6) is -3.47. The first-order valence-corrected chi connectivity index (χ1v) is 17.3. The van der Waals surface area contributed by atoms with Crippen LogP contribution in [0.1, 0.15) is 89.7 Å². The molecule has 1 amide bonds. The number of hydrogen-bond acceptors (Lipinski definition) is 7. The lowest BCUT2D eigenvalue weighted by atomic mass is 10.1. The molecule has 0 aliphatic carbocycles. The van der Waals surface area contributed by atoms with E-state index >= 15 is 0 Å². The number of amides is 1. The molecule has 0 bridgehead atoms. The number of methoxy groups -OCH3 is 2. The van der Waals surface area contributed by atoms with Crippen molar-refractivity contribution >= 4 is 55.9 Å². The van der Waals surface area contributed by atoms with Crippen molar-refractivity contribution in [3.05, 3.63) is 104 Å². The Morgan fingerprint density at radius 3 is 1.52 bits per heavy atom. The number of alkyl halides is 1. The molecule has 0 aliphatic heterocycles. The smallest absolute Gasteiger partial charge is 0.407 e. The third kappa shape index (κ3) is 20.6. The number of alkyl carbamates (subject to hydrolysis) is 1. The van der Waals surface area contributed by atoms with E-state index in [2.05, 4.69) is 46.7 Å². The normalized spacial score (nSPS) is 10.1. The van der Waals surface area contributed by atoms with Gasteiger partial charge in [-0.25, -0.2) is 32.3 Å². The first kappa shape index (κ1) is 46.1. The van der Waals surface area contributed by atoms with Gasteiger partial charge in [0.1, 0.15) is 23.1 Å². The zero-order valence-corrected chi connectivity index (χ0v) is 32.3. The second-order valence-corrected chi connectivity index (χ2v) is 13.0. The Kier molecular flexibility index (Phi) is 22.4. The summed E-state index contributed by atoms with van der Waals surface area (Å²) >= 11 is 6.25. The predicted octanol–water partition coefficient (Wildman–Crippen LogP) is 9.32. The number of carbonyl (C=O) groups is 4. The number of aromatic carboxylic acids is 1. The number of halogens is 5. The summed E-state index contributed by atoms with van der Waals surface area (Å²) in [4.78, 5) is 43.4. The lowest BCUT2D eigenvalue weighted by molar-refractivity contribution is 0.0528. The van der Waals surface area contributed by atoms with Crippen molar-refractivity contribution in [3.8, 4) is 0 Å². The van der Waals surface area contributed by atoms with E-state index in [0.717, 1.165) is 47.9 Å². The van der Waals surface area contributed by atoms with Crippen molar-refractivity contribution in [2.75, 3.05) is 26.1 Å². The van der Waals surface area contributed by atoms with Gasteiger partial charge < -0.3 is 24.6 Å². The van der Waals surface area contributed by atoms with E-state index in [9.17, 15) is 32.3 Å². The minimum Gasteiger partial charge on any atom is -0.478 e. The minimum atomic E-state index is -1.09. The summed E-state index contributed by atoms with van der Waals surface area (Å²) in [6, 6.07) is 12.1. The first-order chi connectivity index (χ1) is 23.4. The molecule has 0 aromatic heterocycles. The molecular formula is C36H44Br2F3NO8.